The highest BCUT2D eigenvalue weighted by molar-refractivity contribution is 5.63. The molecular formula is C24H30N4O3. The summed E-state index contributed by atoms with van der Waals surface area (Å²) in [7, 11) is 0. The minimum Gasteiger partial charge on any atom is -0.460 e. The maximum absolute atomic E-state index is 10.1. The van der Waals surface area contributed by atoms with E-state index in [2.05, 4.69) is 22.0 Å². The molecule has 0 bridgehead atoms. The number of hydrogen-bond acceptors (Lipinski definition) is 6. The van der Waals surface area contributed by atoms with Crippen molar-refractivity contribution in [2.45, 2.75) is 26.4 Å². The third-order valence-electron chi connectivity index (χ3n) is 4.84. The molecule has 2 aromatic carbocycles. The third kappa shape index (κ3) is 5.93. The van der Waals surface area contributed by atoms with Crippen LogP contribution >= 0.6 is 0 Å². The molecule has 0 spiro atoms. The smallest absolute Gasteiger partial charge is 0.336 e. The van der Waals surface area contributed by atoms with Crippen molar-refractivity contribution in [2.75, 3.05) is 31.7 Å². The molecule has 2 N–H and O–H groups in total. The summed E-state index contributed by atoms with van der Waals surface area (Å²) >= 11 is 0. The molecule has 3 aromatic rings. The van der Waals surface area contributed by atoms with Crippen molar-refractivity contribution in [1.29, 1.82) is 0 Å². The fraction of sp³-hybridized carbons (Fsp3) is 0.333. The number of nitrogens with one attached hydrogen (secondary N) is 1. The number of aryl methyl sites for hydroxylation is 1. The van der Waals surface area contributed by atoms with Gasteiger partial charge >= 0.3 is 6.01 Å². The highest BCUT2D eigenvalue weighted by Crippen LogP contribution is 2.27. The summed E-state index contributed by atoms with van der Waals surface area (Å²) in [5.74, 6) is 0.708. The molecule has 0 aliphatic carbocycles. The summed E-state index contributed by atoms with van der Waals surface area (Å²) in [4.78, 5) is 4.63. The molecule has 0 fully saturated rings. The molecule has 31 heavy (non-hydrogen) atoms. The van der Waals surface area contributed by atoms with Gasteiger partial charge in [0, 0.05) is 24.4 Å². The number of aliphatic hydroxyl groups is 1. The molecule has 1 aromatic heterocycles. The lowest BCUT2D eigenvalue weighted by atomic mass is 10.1. The number of hydrogen-bond donors (Lipinski definition) is 2. The number of nitrogens with zero attached hydrogens (tertiary/aromatic N) is 3. The van der Waals surface area contributed by atoms with Gasteiger partial charge in [-0.15, -0.1) is 11.7 Å². The largest absolute Gasteiger partial charge is 0.460 e. The van der Waals surface area contributed by atoms with Crippen molar-refractivity contribution in [1.82, 2.24) is 14.8 Å². The van der Waals surface area contributed by atoms with Crippen LogP contribution < -0.4 is 10.1 Å². The maximum atomic E-state index is 10.1. The number of rotatable bonds is 11. The van der Waals surface area contributed by atoms with Gasteiger partial charge in [-0.2, -0.15) is 4.98 Å². The van der Waals surface area contributed by atoms with Crippen molar-refractivity contribution < 1.29 is 14.6 Å². The molecule has 164 valence electrons. The van der Waals surface area contributed by atoms with Crippen LogP contribution in [0.4, 0.5) is 5.69 Å². The lowest BCUT2D eigenvalue weighted by molar-refractivity contribution is 0.106. The quantitative estimate of drug-likeness (QED) is 0.359. The first-order chi connectivity index (χ1) is 14.9. The van der Waals surface area contributed by atoms with Crippen molar-refractivity contribution >= 4 is 5.69 Å². The third-order valence-corrected chi connectivity index (χ3v) is 4.84. The van der Waals surface area contributed by atoms with Gasteiger partial charge in [-0.3, -0.25) is 0 Å². The summed E-state index contributed by atoms with van der Waals surface area (Å²) < 4.78 is 12.8. The molecule has 0 radical (unpaired) electrons. The van der Waals surface area contributed by atoms with E-state index in [-0.39, 0.29) is 0 Å². The molecular weight excluding hydrogens is 392 g/mol. The summed E-state index contributed by atoms with van der Waals surface area (Å²) in [6.45, 7) is 11.2. The van der Waals surface area contributed by atoms with Crippen molar-refractivity contribution in [2.24, 2.45) is 0 Å². The van der Waals surface area contributed by atoms with Crippen LogP contribution in [0.15, 0.2) is 61.2 Å². The van der Waals surface area contributed by atoms with Crippen LogP contribution in [0.3, 0.4) is 0 Å². The predicted molar refractivity (Wildman–Crippen MR) is 123 cm³/mol. The van der Waals surface area contributed by atoms with E-state index in [1.807, 2.05) is 62.4 Å². The normalized spacial score (nSPS) is 12.9. The second kappa shape index (κ2) is 10.2. The van der Waals surface area contributed by atoms with Gasteiger partial charge in [0.1, 0.15) is 6.61 Å². The first kappa shape index (κ1) is 22.5. The van der Waals surface area contributed by atoms with Crippen molar-refractivity contribution in [3.05, 3.63) is 66.7 Å². The van der Waals surface area contributed by atoms with Gasteiger partial charge in [0.15, 0.2) is 5.82 Å². The zero-order valence-electron chi connectivity index (χ0n) is 18.3. The molecule has 0 aliphatic heterocycles. The Balaban J connectivity index is 1.87. The van der Waals surface area contributed by atoms with Gasteiger partial charge in [-0.05, 0) is 50.6 Å². The van der Waals surface area contributed by atoms with E-state index in [9.17, 15) is 5.11 Å². The van der Waals surface area contributed by atoms with E-state index >= 15 is 0 Å². The fourth-order valence-corrected chi connectivity index (χ4v) is 2.94. The first-order valence-electron chi connectivity index (χ1n) is 10.4. The predicted octanol–water partition coefficient (Wildman–Crippen LogP) is 4.01. The molecule has 1 heterocycles. The number of anilines is 1. The number of benzene rings is 2. The van der Waals surface area contributed by atoms with Gasteiger partial charge in [-0.1, -0.05) is 30.3 Å². The molecule has 0 aliphatic rings. The lowest BCUT2D eigenvalue weighted by Crippen LogP contribution is -2.30. The summed E-state index contributed by atoms with van der Waals surface area (Å²) in [6, 6.07) is 16.1. The Morgan fingerprint density at radius 3 is 2.58 bits per heavy atom. The van der Waals surface area contributed by atoms with Crippen LogP contribution in [0.2, 0.25) is 0 Å². The van der Waals surface area contributed by atoms with Gasteiger partial charge in [0.25, 0.3) is 0 Å². The molecule has 0 amide bonds. The van der Waals surface area contributed by atoms with Crippen LogP contribution in [0.25, 0.3) is 17.1 Å². The van der Waals surface area contributed by atoms with Crippen LogP contribution in [0.5, 0.6) is 6.01 Å². The Bertz CT molecular complexity index is 996. The molecule has 0 saturated heterocycles. The zero-order valence-corrected chi connectivity index (χ0v) is 18.3. The summed E-state index contributed by atoms with van der Waals surface area (Å²) in [5.41, 5.74) is 2.85. The van der Waals surface area contributed by atoms with Crippen LogP contribution in [0, 0.1) is 6.92 Å². The van der Waals surface area contributed by atoms with Crippen LogP contribution in [-0.2, 0) is 4.74 Å². The topological polar surface area (TPSA) is 81.4 Å². The maximum Gasteiger partial charge on any atom is 0.336 e. The van der Waals surface area contributed by atoms with E-state index in [0.717, 1.165) is 22.5 Å². The second-order valence-electron chi connectivity index (χ2n) is 7.45. The second-order valence-corrected chi connectivity index (χ2v) is 7.45. The monoisotopic (exact) mass is 422 g/mol. The average molecular weight is 423 g/mol. The lowest BCUT2D eigenvalue weighted by Gasteiger charge is -2.19. The molecule has 0 saturated carbocycles. The minimum absolute atomic E-state index is 0.308. The molecule has 1 atom stereocenters. The fourth-order valence-electron chi connectivity index (χ4n) is 2.94. The molecule has 1 unspecified atom stereocenters. The Hall–Kier alpha value is -3.16. The standard InChI is InChI=1S/C24H30N4O3/c1-5-24(4,29)17-25-19-11-13-20(14-12-19)28-22(21-10-8-7-9-18(21)3)26-23(27-28)31-16-15-30-6-2/h5,7-14,25,29H,1,6,15-17H2,2-4H3. The van der Waals surface area contributed by atoms with Crippen molar-refractivity contribution in [3.63, 3.8) is 0 Å². The summed E-state index contributed by atoms with van der Waals surface area (Å²) in [5, 5.41) is 17.9. The number of ether oxygens (including phenoxy) is 2. The van der Waals surface area contributed by atoms with E-state index in [1.165, 1.54) is 6.08 Å². The first-order valence-corrected chi connectivity index (χ1v) is 10.4. The average Bonchev–Trinajstić information content (AvgIpc) is 3.20. The SMILES string of the molecule is C=CC(C)(O)CNc1ccc(-n2nc(OCCOCC)nc2-c2ccccc2C)cc1. The molecule has 7 nitrogen and oxygen atoms in total. The zero-order chi connectivity index (χ0) is 22.3. The Kier molecular flexibility index (Phi) is 7.44. The summed E-state index contributed by atoms with van der Waals surface area (Å²) in [6.07, 6.45) is 1.52. The van der Waals surface area contributed by atoms with E-state index in [0.29, 0.717) is 38.2 Å². The highest BCUT2D eigenvalue weighted by Gasteiger charge is 2.17. The Morgan fingerprint density at radius 2 is 1.90 bits per heavy atom. The van der Waals surface area contributed by atoms with Gasteiger partial charge < -0.3 is 19.9 Å². The van der Waals surface area contributed by atoms with E-state index in [1.54, 1.807) is 11.6 Å². The minimum atomic E-state index is -0.976. The Morgan fingerprint density at radius 1 is 1.16 bits per heavy atom. The molecule has 7 heteroatoms. The van der Waals surface area contributed by atoms with Crippen molar-refractivity contribution in [3.8, 4) is 23.1 Å². The Labute approximate surface area is 183 Å². The van der Waals surface area contributed by atoms with E-state index in [4.69, 9.17) is 9.47 Å². The van der Waals surface area contributed by atoms with E-state index < -0.39 is 5.60 Å². The van der Waals surface area contributed by atoms with Gasteiger partial charge in [0.2, 0.25) is 0 Å². The van der Waals surface area contributed by atoms with Gasteiger partial charge in [-0.25, -0.2) is 4.68 Å². The van der Waals surface area contributed by atoms with Crippen LogP contribution in [0.1, 0.15) is 19.4 Å². The molecule has 3 rings (SSSR count). The van der Waals surface area contributed by atoms with Crippen LogP contribution in [-0.4, -0.2) is 51.8 Å². The highest BCUT2D eigenvalue weighted by atomic mass is 16.5. The number of aromatic nitrogens is 3. The van der Waals surface area contributed by atoms with Gasteiger partial charge in [0.05, 0.1) is 17.9 Å².